The van der Waals surface area contributed by atoms with Crippen molar-refractivity contribution in [2.75, 3.05) is 11.9 Å². The third-order valence-electron chi connectivity index (χ3n) is 7.71. The molecule has 1 aliphatic heterocycles. The molecular weight excluding hydrogens is 374 g/mol. The highest BCUT2D eigenvalue weighted by molar-refractivity contribution is 5.83. The van der Waals surface area contributed by atoms with E-state index < -0.39 is 30.0 Å². The van der Waals surface area contributed by atoms with E-state index in [1.807, 2.05) is 0 Å². The van der Waals surface area contributed by atoms with Crippen LogP contribution in [0.1, 0.15) is 44.6 Å². The normalized spacial score (nSPS) is 36.8. The Kier molecular flexibility index (Phi) is 3.94. The number of rotatable bonds is 6. The molecule has 0 aromatic carbocycles. The van der Waals surface area contributed by atoms with E-state index >= 15 is 0 Å². The summed E-state index contributed by atoms with van der Waals surface area (Å²) in [5.41, 5.74) is -0.120. The first-order valence-corrected chi connectivity index (χ1v) is 10.7. The molecule has 0 amide bonds. The maximum atomic E-state index is 10.9. The number of hydrogen-bond donors (Lipinski definition) is 4. The van der Waals surface area contributed by atoms with E-state index in [4.69, 9.17) is 4.74 Å². The fourth-order valence-corrected chi connectivity index (χ4v) is 5.48. The zero-order valence-electron chi connectivity index (χ0n) is 16.2. The lowest BCUT2D eigenvalue weighted by Gasteiger charge is -2.43. The van der Waals surface area contributed by atoms with Gasteiger partial charge in [0.25, 0.3) is 0 Å². The zero-order chi connectivity index (χ0) is 19.8. The van der Waals surface area contributed by atoms with Crippen molar-refractivity contribution in [1.29, 1.82) is 0 Å². The van der Waals surface area contributed by atoms with Crippen LogP contribution in [0.5, 0.6) is 0 Å². The van der Waals surface area contributed by atoms with Gasteiger partial charge >= 0.3 is 0 Å². The van der Waals surface area contributed by atoms with Gasteiger partial charge in [-0.1, -0.05) is 12.8 Å². The molecule has 29 heavy (non-hydrogen) atoms. The quantitative estimate of drug-likeness (QED) is 0.555. The SMILES string of the molecule is OC[C@H]1O[C@H]2[C@@H](n3cnc4c(NC(C5CCC5)C5CCC5)ncnc43)[C@@]2(O)[C@@H]1O. The number of anilines is 1. The van der Waals surface area contributed by atoms with Gasteiger partial charge in [0.1, 0.15) is 35.8 Å². The van der Waals surface area contributed by atoms with Crippen molar-refractivity contribution in [3.8, 4) is 0 Å². The molecule has 2 aromatic heterocycles. The minimum Gasteiger partial charge on any atom is -0.394 e. The highest BCUT2D eigenvalue weighted by atomic mass is 16.6. The van der Waals surface area contributed by atoms with Crippen molar-refractivity contribution in [2.24, 2.45) is 11.8 Å². The summed E-state index contributed by atoms with van der Waals surface area (Å²) in [6.45, 7) is -0.322. The number of imidazole rings is 1. The Bertz CT molecular complexity index is 915. The van der Waals surface area contributed by atoms with Crippen LogP contribution >= 0.6 is 0 Å². The fraction of sp³-hybridized carbons (Fsp3) is 0.750. The van der Waals surface area contributed by atoms with Gasteiger partial charge in [0.2, 0.25) is 0 Å². The lowest BCUT2D eigenvalue weighted by Crippen LogP contribution is -2.42. The van der Waals surface area contributed by atoms with Gasteiger partial charge in [-0.05, 0) is 37.5 Å². The minimum atomic E-state index is -1.42. The van der Waals surface area contributed by atoms with Crippen molar-refractivity contribution >= 4 is 17.0 Å². The standard InChI is InChI=1S/C20H27N5O4/c26-7-12-16(27)20(28)15(17(20)29-12)25-9-23-14-18(21-8-22-19(14)25)24-13(10-3-1-4-10)11-5-2-6-11/h8-13,15-17,26-28H,1-7H2,(H,21,22,24)/t12-,15-,16-,17+,20-/m1/s1. The second-order valence-corrected chi connectivity index (χ2v) is 9.15. The summed E-state index contributed by atoms with van der Waals surface area (Å²) in [4.78, 5) is 13.4. The van der Waals surface area contributed by atoms with E-state index in [0.717, 1.165) is 5.82 Å². The third kappa shape index (κ3) is 2.44. The molecule has 156 valence electrons. The number of nitrogens with zero attached hydrogens (tertiary/aromatic N) is 4. The lowest BCUT2D eigenvalue weighted by molar-refractivity contribution is -0.0612. The number of aromatic nitrogens is 4. The van der Waals surface area contributed by atoms with Gasteiger partial charge < -0.3 is 29.9 Å². The van der Waals surface area contributed by atoms with Crippen LogP contribution in [-0.2, 0) is 4.74 Å². The van der Waals surface area contributed by atoms with Crippen molar-refractivity contribution in [3.05, 3.63) is 12.7 Å². The van der Waals surface area contributed by atoms with E-state index in [1.54, 1.807) is 10.9 Å². The van der Waals surface area contributed by atoms with Crippen molar-refractivity contribution in [2.45, 2.75) is 74.5 Å². The summed E-state index contributed by atoms with van der Waals surface area (Å²) in [5, 5.41) is 34.2. The summed E-state index contributed by atoms with van der Waals surface area (Å²) in [5.74, 6) is 2.15. The van der Waals surface area contributed by atoms with Crippen LogP contribution in [0.3, 0.4) is 0 Å². The van der Waals surface area contributed by atoms with Gasteiger partial charge in [0.05, 0.1) is 19.0 Å². The number of nitrogens with one attached hydrogen (secondary N) is 1. The van der Waals surface area contributed by atoms with Crippen LogP contribution in [-0.4, -0.2) is 71.4 Å². The average molecular weight is 401 g/mol. The Morgan fingerprint density at radius 3 is 2.45 bits per heavy atom. The number of ether oxygens (including phenoxy) is 1. The first-order valence-electron chi connectivity index (χ1n) is 10.7. The first kappa shape index (κ1) is 18.0. The Morgan fingerprint density at radius 2 is 1.90 bits per heavy atom. The predicted octanol–water partition coefficient (Wildman–Crippen LogP) is 0.613. The smallest absolute Gasteiger partial charge is 0.165 e. The Balaban J connectivity index is 1.30. The molecule has 0 radical (unpaired) electrons. The molecule has 9 heteroatoms. The average Bonchev–Trinajstić information content (AvgIpc) is 2.92. The molecule has 5 atom stereocenters. The maximum absolute atomic E-state index is 10.9. The Hall–Kier alpha value is -1.81. The highest BCUT2D eigenvalue weighted by Gasteiger charge is 2.77. The molecule has 0 bridgehead atoms. The molecule has 0 unspecified atom stereocenters. The molecule has 0 spiro atoms. The second-order valence-electron chi connectivity index (χ2n) is 9.15. The van der Waals surface area contributed by atoms with Gasteiger partial charge in [-0.2, -0.15) is 0 Å². The number of aliphatic hydroxyl groups is 3. The van der Waals surface area contributed by atoms with Crippen LogP contribution in [0.25, 0.3) is 11.2 Å². The summed E-state index contributed by atoms with van der Waals surface area (Å²) in [6, 6.07) is -0.0391. The molecule has 4 fully saturated rings. The van der Waals surface area contributed by atoms with E-state index in [-0.39, 0.29) is 6.61 Å². The molecule has 6 rings (SSSR count). The molecule has 4 aliphatic rings. The topological polar surface area (TPSA) is 126 Å². The van der Waals surface area contributed by atoms with E-state index in [1.165, 1.54) is 44.9 Å². The largest absolute Gasteiger partial charge is 0.394 e. The van der Waals surface area contributed by atoms with Gasteiger partial charge in [-0.15, -0.1) is 0 Å². The molecule has 1 saturated heterocycles. The third-order valence-corrected chi connectivity index (χ3v) is 7.71. The van der Waals surface area contributed by atoms with Crippen LogP contribution in [0.15, 0.2) is 12.7 Å². The molecule has 9 nitrogen and oxygen atoms in total. The molecule has 4 N–H and O–H groups in total. The predicted molar refractivity (Wildman–Crippen MR) is 103 cm³/mol. The van der Waals surface area contributed by atoms with Crippen molar-refractivity contribution in [3.63, 3.8) is 0 Å². The molecule has 3 saturated carbocycles. The van der Waals surface area contributed by atoms with Crippen LogP contribution < -0.4 is 5.32 Å². The van der Waals surface area contributed by atoms with Crippen molar-refractivity contribution in [1.82, 2.24) is 19.5 Å². The first-order chi connectivity index (χ1) is 14.1. The molecule has 3 heterocycles. The van der Waals surface area contributed by atoms with E-state index in [9.17, 15) is 15.3 Å². The summed E-state index contributed by atoms with van der Waals surface area (Å²) in [6.07, 6.45) is 8.40. The summed E-state index contributed by atoms with van der Waals surface area (Å²) in [7, 11) is 0. The minimum absolute atomic E-state index is 0.322. The Labute approximate surface area is 168 Å². The monoisotopic (exact) mass is 401 g/mol. The van der Waals surface area contributed by atoms with E-state index in [2.05, 4.69) is 20.3 Å². The van der Waals surface area contributed by atoms with Gasteiger partial charge in [-0.25, -0.2) is 15.0 Å². The molecular formula is C20H27N5O4. The number of aliphatic hydroxyl groups excluding tert-OH is 2. The zero-order valence-corrected chi connectivity index (χ0v) is 16.2. The van der Waals surface area contributed by atoms with Crippen LogP contribution in [0.2, 0.25) is 0 Å². The fourth-order valence-electron chi connectivity index (χ4n) is 5.48. The Morgan fingerprint density at radius 1 is 1.17 bits per heavy atom. The van der Waals surface area contributed by atoms with Gasteiger partial charge in [0.15, 0.2) is 11.5 Å². The second kappa shape index (κ2) is 6.34. The van der Waals surface area contributed by atoms with Gasteiger partial charge in [0, 0.05) is 6.04 Å². The van der Waals surface area contributed by atoms with E-state index in [0.29, 0.717) is 29.0 Å². The van der Waals surface area contributed by atoms with Crippen molar-refractivity contribution < 1.29 is 20.1 Å². The molecule has 3 aliphatic carbocycles. The maximum Gasteiger partial charge on any atom is 0.165 e. The summed E-state index contributed by atoms with van der Waals surface area (Å²) >= 11 is 0. The number of hydrogen-bond acceptors (Lipinski definition) is 8. The highest BCUT2D eigenvalue weighted by Crippen LogP contribution is 2.59. The number of fused-ring (bicyclic) bond motifs is 2. The van der Waals surface area contributed by atoms with Gasteiger partial charge in [-0.3, -0.25) is 0 Å². The lowest BCUT2D eigenvalue weighted by atomic mass is 9.68. The van der Waals surface area contributed by atoms with Crippen LogP contribution in [0.4, 0.5) is 5.82 Å². The van der Waals surface area contributed by atoms with Crippen LogP contribution in [0, 0.1) is 11.8 Å². The summed E-state index contributed by atoms with van der Waals surface area (Å²) < 4.78 is 7.40. The molecule has 2 aromatic rings.